The number of carbonyl (C=O) groups excluding carboxylic acids is 1. The average Bonchev–Trinajstić information content (AvgIpc) is 3.13. The largest absolute Gasteiger partial charge is 0.481 e. The summed E-state index contributed by atoms with van der Waals surface area (Å²) in [5, 5.41) is 3.67. The summed E-state index contributed by atoms with van der Waals surface area (Å²) in [4.78, 5) is 20.4. The zero-order valence-electron chi connectivity index (χ0n) is 15.3. The van der Waals surface area contributed by atoms with E-state index in [4.69, 9.17) is 33.3 Å². The maximum atomic E-state index is 12.6. The van der Waals surface area contributed by atoms with Gasteiger partial charge in [0.1, 0.15) is 5.03 Å². The first-order valence-electron chi connectivity index (χ1n) is 7.93. The molecule has 1 fully saturated rings. The van der Waals surface area contributed by atoms with E-state index in [0.29, 0.717) is 0 Å². The molecule has 12 heteroatoms. The number of carbonyl (C=O) groups is 1. The van der Waals surface area contributed by atoms with Crippen molar-refractivity contribution in [2.45, 2.75) is 20.0 Å². The van der Waals surface area contributed by atoms with Crippen molar-refractivity contribution in [1.29, 1.82) is 0 Å². The van der Waals surface area contributed by atoms with Gasteiger partial charge in [-0.1, -0.05) is 31.5 Å². The van der Waals surface area contributed by atoms with E-state index in [1.54, 1.807) is 13.8 Å². The highest BCUT2D eigenvalue weighted by Gasteiger charge is 2.61. The van der Waals surface area contributed by atoms with Crippen LogP contribution in [0.15, 0.2) is 17.2 Å². The quantitative estimate of drug-likeness (QED) is 0.682. The van der Waals surface area contributed by atoms with Gasteiger partial charge in [-0.2, -0.15) is 23.1 Å². The first-order valence-corrected chi connectivity index (χ1v) is 8.72. The highest BCUT2D eigenvalue weighted by Crippen LogP contribution is 2.60. The molecule has 1 amide bonds. The van der Waals surface area contributed by atoms with Gasteiger partial charge >= 0.3 is 6.18 Å². The van der Waals surface area contributed by atoms with Gasteiger partial charge in [-0.25, -0.2) is 0 Å². The van der Waals surface area contributed by atoms with Gasteiger partial charge < -0.3 is 20.1 Å². The highest BCUT2D eigenvalue weighted by atomic mass is 35.5. The van der Waals surface area contributed by atoms with E-state index in [0.717, 1.165) is 6.08 Å². The van der Waals surface area contributed by atoms with Crippen LogP contribution in [0.5, 0.6) is 11.8 Å². The molecule has 2 rings (SSSR count). The first-order chi connectivity index (χ1) is 12.9. The fraction of sp³-hybridized carbons (Fsp3) is 0.500. The average molecular weight is 439 g/mol. The van der Waals surface area contributed by atoms with Crippen LogP contribution in [0.1, 0.15) is 13.8 Å². The predicted octanol–water partition coefficient (Wildman–Crippen LogP) is 3.26. The Balaban J connectivity index is 2.04. The second-order valence-electron chi connectivity index (χ2n) is 6.56. The maximum absolute atomic E-state index is 12.6. The lowest BCUT2D eigenvalue weighted by Crippen LogP contribution is -2.36. The molecular formula is C16H18ClF3N4O3S. The van der Waals surface area contributed by atoms with Crippen molar-refractivity contribution in [2.24, 2.45) is 17.3 Å². The van der Waals surface area contributed by atoms with Gasteiger partial charge in [-0.3, -0.25) is 4.79 Å². The van der Waals surface area contributed by atoms with Gasteiger partial charge in [-0.05, 0) is 23.6 Å². The molecule has 0 aromatic carbocycles. The molecule has 28 heavy (non-hydrogen) atoms. The number of alkyl halides is 3. The van der Waals surface area contributed by atoms with Crippen molar-refractivity contribution in [3.63, 3.8) is 0 Å². The molecule has 7 nitrogen and oxygen atoms in total. The number of rotatable bonds is 5. The molecule has 0 spiro atoms. The van der Waals surface area contributed by atoms with Crippen molar-refractivity contribution in [2.75, 3.05) is 19.5 Å². The highest BCUT2D eigenvalue weighted by molar-refractivity contribution is 7.80. The zero-order valence-corrected chi connectivity index (χ0v) is 16.9. The second kappa shape index (κ2) is 8.08. The van der Waals surface area contributed by atoms with E-state index < -0.39 is 34.4 Å². The molecule has 1 aliphatic rings. The van der Waals surface area contributed by atoms with Crippen LogP contribution in [0.2, 0.25) is 0 Å². The van der Waals surface area contributed by atoms with Gasteiger partial charge in [0, 0.05) is 0 Å². The van der Waals surface area contributed by atoms with E-state index in [1.807, 2.05) is 0 Å². The number of allylic oxidation sites excluding steroid dienone is 2. The van der Waals surface area contributed by atoms with Crippen LogP contribution >= 0.6 is 23.8 Å². The summed E-state index contributed by atoms with van der Waals surface area (Å²) in [6, 6.07) is 1.45. The number of nitrogens with zero attached hydrogens (tertiary/aromatic N) is 2. The monoisotopic (exact) mass is 438 g/mol. The number of thiocarbonyl (C=S) groups is 1. The van der Waals surface area contributed by atoms with Gasteiger partial charge in [0.15, 0.2) is 5.11 Å². The van der Waals surface area contributed by atoms with Crippen LogP contribution in [0.25, 0.3) is 0 Å². The van der Waals surface area contributed by atoms with Crippen LogP contribution in [0, 0.1) is 17.3 Å². The van der Waals surface area contributed by atoms with Crippen molar-refractivity contribution >= 4 is 40.8 Å². The standard InChI is InChI=1S/C16H18ClF3N4O3S/c1-15(2)7(5-8(17)16(18,19)20)11(15)12(25)23-14(28)24-13-21-9(26-3)6-10(22-13)27-4/h5-7,11H,1-4H3,(H2,21,22,23,24,25,28)/b8-5-. The second-order valence-corrected chi connectivity index (χ2v) is 7.37. The van der Waals surface area contributed by atoms with Crippen LogP contribution < -0.4 is 20.1 Å². The summed E-state index contributed by atoms with van der Waals surface area (Å²) < 4.78 is 47.9. The summed E-state index contributed by atoms with van der Waals surface area (Å²) >= 11 is 10.3. The molecule has 0 bridgehead atoms. The van der Waals surface area contributed by atoms with Crippen LogP contribution in [0.4, 0.5) is 19.1 Å². The van der Waals surface area contributed by atoms with E-state index in [1.165, 1.54) is 20.3 Å². The molecule has 1 saturated carbocycles. The Hall–Kier alpha value is -2.14. The predicted molar refractivity (Wildman–Crippen MR) is 100 cm³/mol. The van der Waals surface area contributed by atoms with Gasteiger partial charge in [-0.15, -0.1) is 0 Å². The molecule has 1 aromatic heterocycles. The molecular weight excluding hydrogens is 421 g/mol. The number of methoxy groups -OCH3 is 2. The summed E-state index contributed by atoms with van der Waals surface area (Å²) in [7, 11) is 2.81. The molecule has 1 aromatic rings. The SMILES string of the molecule is COc1cc(OC)nc(NC(=S)NC(=O)C2C(/C=C(\Cl)C(F)(F)F)C2(C)C)n1. The Morgan fingerprint density at radius 1 is 1.29 bits per heavy atom. The lowest BCUT2D eigenvalue weighted by atomic mass is 10.1. The van der Waals surface area contributed by atoms with Crippen molar-refractivity contribution in [1.82, 2.24) is 15.3 Å². The summed E-state index contributed by atoms with van der Waals surface area (Å²) in [5.74, 6) is -1.49. The Morgan fingerprint density at radius 2 is 1.82 bits per heavy atom. The lowest BCUT2D eigenvalue weighted by Gasteiger charge is -2.10. The number of aromatic nitrogens is 2. The van der Waals surface area contributed by atoms with Crippen molar-refractivity contribution < 1.29 is 27.4 Å². The number of hydrogen-bond acceptors (Lipinski definition) is 6. The van der Waals surface area contributed by atoms with E-state index >= 15 is 0 Å². The van der Waals surface area contributed by atoms with E-state index in [2.05, 4.69) is 20.6 Å². The summed E-state index contributed by atoms with van der Waals surface area (Å²) in [6.07, 6.45) is -3.79. The Morgan fingerprint density at radius 3 is 2.29 bits per heavy atom. The number of hydrogen-bond donors (Lipinski definition) is 2. The van der Waals surface area contributed by atoms with Crippen molar-refractivity contribution in [3.8, 4) is 11.8 Å². The molecule has 2 atom stereocenters. The Kier molecular flexibility index (Phi) is 6.39. The van der Waals surface area contributed by atoms with Crippen molar-refractivity contribution in [3.05, 3.63) is 17.2 Å². The fourth-order valence-electron chi connectivity index (χ4n) is 2.73. The summed E-state index contributed by atoms with van der Waals surface area (Å²) in [6.45, 7) is 3.34. The smallest absolute Gasteiger partial charge is 0.426 e. The molecule has 1 aliphatic carbocycles. The summed E-state index contributed by atoms with van der Waals surface area (Å²) in [5.41, 5.74) is -0.694. The number of anilines is 1. The topological polar surface area (TPSA) is 85.4 Å². The van der Waals surface area contributed by atoms with E-state index in [-0.39, 0.29) is 22.8 Å². The molecule has 154 valence electrons. The maximum Gasteiger partial charge on any atom is 0.426 e. The van der Waals surface area contributed by atoms with Gasteiger partial charge in [0.2, 0.25) is 23.6 Å². The number of amides is 1. The lowest BCUT2D eigenvalue weighted by molar-refractivity contribution is -0.121. The number of nitrogens with one attached hydrogen (secondary N) is 2. The molecule has 0 aliphatic heterocycles. The molecule has 0 radical (unpaired) electrons. The Bertz CT molecular complexity index is 795. The Labute approximate surface area is 169 Å². The molecule has 2 unspecified atom stereocenters. The minimum absolute atomic E-state index is 0.0214. The fourth-order valence-corrected chi connectivity index (χ4v) is 3.06. The zero-order chi connectivity index (χ0) is 21.3. The molecule has 1 heterocycles. The molecule has 0 saturated heterocycles. The van der Waals surface area contributed by atoms with Crippen LogP contribution in [-0.4, -0.2) is 41.4 Å². The minimum Gasteiger partial charge on any atom is -0.481 e. The third-order valence-corrected chi connectivity index (χ3v) is 4.89. The van der Waals surface area contributed by atoms with Crippen LogP contribution in [0.3, 0.4) is 0 Å². The third-order valence-electron chi connectivity index (χ3n) is 4.35. The van der Waals surface area contributed by atoms with Crippen LogP contribution in [-0.2, 0) is 4.79 Å². The first kappa shape index (κ1) is 22.2. The normalized spacial score (nSPS) is 20.9. The molecule has 2 N–H and O–H groups in total. The van der Waals surface area contributed by atoms with E-state index in [9.17, 15) is 18.0 Å². The number of halogens is 4. The van der Waals surface area contributed by atoms with Gasteiger partial charge in [0.05, 0.1) is 26.2 Å². The third kappa shape index (κ3) is 5.02. The minimum atomic E-state index is -4.65. The van der Waals surface area contributed by atoms with Gasteiger partial charge in [0.25, 0.3) is 0 Å². The number of ether oxygens (including phenoxy) is 2.